The van der Waals surface area contributed by atoms with Crippen LogP contribution in [0.3, 0.4) is 0 Å². The molecule has 6 heteroatoms. The van der Waals surface area contributed by atoms with Crippen molar-refractivity contribution in [2.45, 2.75) is 50.1 Å². The van der Waals surface area contributed by atoms with E-state index in [-0.39, 0.29) is 29.6 Å². The number of hydrogen-bond acceptors (Lipinski definition) is 3. The van der Waals surface area contributed by atoms with Gasteiger partial charge in [0, 0.05) is 49.5 Å². The number of amides is 2. The van der Waals surface area contributed by atoms with Crippen LogP contribution in [-0.2, 0) is 9.59 Å². The first kappa shape index (κ1) is 18.1. The number of halogens is 1. The van der Waals surface area contributed by atoms with Crippen molar-refractivity contribution in [2.24, 2.45) is 11.8 Å². The van der Waals surface area contributed by atoms with Crippen molar-refractivity contribution in [3.05, 3.63) is 35.6 Å². The zero-order chi connectivity index (χ0) is 19.3. The third kappa shape index (κ3) is 3.66. The third-order valence-electron chi connectivity index (χ3n) is 6.83. The van der Waals surface area contributed by atoms with Crippen molar-refractivity contribution in [1.82, 2.24) is 15.1 Å². The highest BCUT2D eigenvalue weighted by Crippen LogP contribution is 2.44. The number of benzene rings is 1. The molecule has 0 spiro atoms. The molecule has 0 bridgehead atoms. The Morgan fingerprint density at radius 2 is 1.79 bits per heavy atom. The lowest BCUT2D eigenvalue weighted by Gasteiger charge is -2.38. The maximum Gasteiger partial charge on any atom is 0.234 e. The van der Waals surface area contributed by atoms with Gasteiger partial charge in [-0.2, -0.15) is 0 Å². The highest BCUT2D eigenvalue weighted by atomic mass is 19.1. The Hall–Kier alpha value is -1.95. The van der Waals surface area contributed by atoms with Gasteiger partial charge in [0.15, 0.2) is 0 Å². The Kier molecular flexibility index (Phi) is 4.62. The van der Waals surface area contributed by atoms with Crippen molar-refractivity contribution in [2.75, 3.05) is 26.2 Å². The molecule has 4 aliphatic rings. The molecule has 1 aromatic rings. The van der Waals surface area contributed by atoms with Crippen LogP contribution in [-0.4, -0.2) is 59.9 Å². The van der Waals surface area contributed by atoms with Gasteiger partial charge in [-0.15, -0.1) is 0 Å². The van der Waals surface area contributed by atoms with Gasteiger partial charge in [-0.05, 0) is 49.8 Å². The molecule has 2 aliphatic heterocycles. The average molecular weight is 385 g/mol. The minimum absolute atomic E-state index is 0.114. The summed E-state index contributed by atoms with van der Waals surface area (Å²) >= 11 is 0. The van der Waals surface area contributed by atoms with Gasteiger partial charge in [0.2, 0.25) is 11.8 Å². The Balaban J connectivity index is 1.33. The summed E-state index contributed by atoms with van der Waals surface area (Å²) in [6.07, 6.45) is 5.14. The molecule has 0 unspecified atom stereocenters. The van der Waals surface area contributed by atoms with Crippen LogP contribution in [0.4, 0.5) is 4.39 Å². The fourth-order valence-electron chi connectivity index (χ4n) is 5.03. The summed E-state index contributed by atoms with van der Waals surface area (Å²) in [4.78, 5) is 29.5. The fourth-order valence-corrected chi connectivity index (χ4v) is 5.03. The van der Waals surface area contributed by atoms with Gasteiger partial charge in [-0.25, -0.2) is 4.39 Å². The molecule has 2 heterocycles. The molecule has 2 saturated carbocycles. The van der Waals surface area contributed by atoms with E-state index in [2.05, 4.69) is 15.1 Å². The van der Waals surface area contributed by atoms with E-state index in [4.69, 9.17) is 0 Å². The number of piperidine rings is 1. The summed E-state index contributed by atoms with van der Waals surface area (Å²) in [5.41, 5.74) is 1.10. The van der Waals surface area contributed by atoms with Crippen LogP contribution in [0, 0.1) is 17.7 Å². The van der Waals surface area contributed by atoms with Crippen LogP contribution in [0.1, 0.15) is 43.6 Å². The van der Waals surface area contributed by atoms with Gasteiger partial charge in [0.05, 0.1) is 6.54 Å². The summed E-state index contributed by atoms with van der Waals surface area (Å²) in [7, 11) is 0. The average Bonchev–Trinajstić information content (AvgIpc) is 3.60. The van der Waals surface area contributed by atoms with E-state index in [0.717, 1.165) is 57.3 Å². The fraction of sp³-hybridized carbons (Fsp3) is 0.636. The first-order valence-corrected chi connectivity index (χ1v) is 10.7. The Labute approximate surface area is 165 Å². The Morgan fingerprint density at radius 3 is 2.46 bits per heavy atom. The second-order valence-electron chi connectivity index (χ2n) is 9.02. The van der Waals surface area contributed by atoms with E-state index in [1.54, 1.807) is 0 Å². The third-order valence-corrected chi connectivity index (χ3v) is 6.83. The lowest BCUT2D eigenvalue weighted by Crippen LogP contribution is -2.50. The molecule has 2 saturated heterocycles. The van der Waals surface area contributed by atoms with E-state index < -0.39 is 0 Å². The summed E-state index contributed by atoms with van der Waals surface area (Å²) in [6, 6.07) is 7.38. The number of likely N-dealkylation sites (tertiary alicyclic amines) is 2. The predicted octanol–water partition coefficient (Wildman–Crippen LogP) is 2.13. The lowest BCUT2D eigenvalue weighted by molar-refractivity contribution is -0.134. The number of carbonyl (C=O) groups excluding carboxylic acids is 2. The molecule has 2 aliphatic carbocycles. The van der Waals surface area contributed by atoms with Gasteiger partial charge < -0.3 is 10.2 Å². The van der Waals surface area contributed by atoms with Crippen LogP contribution in [0.5, 0.6) is 0 Å². The zero-order valence-corrected chi connectivity index (χ0v) is 16.1. The number of nitrogens with one attached hydrogen (secondary N) is 1. The normalized spacial score (nSPS) is 30.2. The van der Waals surface area contributed by atoms with Crippen molar-refractivity contribution in [3.8, 4) is 0 Å². The molecule has 5 rings (SSSR count). The first-order chi connectivity index (χ1) is 13.6. The number of fused-ring (bicyclic) bond motifs is 1. The van der Waals surface area contributed by atoms with Gasteiger partial charge >= 0.3 is 0 Å². The molecule has 5 nitrogen and oxygen atoms in total. The lowest BCUT2D eigenvalue weighted by atomic mass is 9.82. The molecule has 150 valence electrons. The SMILES string of the molecule is O=C(CN1CC[C@H]2[C@@H](C1)[C@H](c1ccc(F)cc1)CN2C(=O)C1CC1)NC1CC1. The van der Waals surface area contributed by atoms with Crippen LogP contribution >= 0.6 is 0 Å². The standard InChI is InChI=1S/C22H28FN3O2/c23-16-5-3-14(4-6-16)18-12-26(22(28)15-1-2-15)20-9-10-25(11-19(18)20)13-21(27)24-17-7-8-17/h3-6,15,17-20H,1-2,7-13H2,(H,24,27)/t18-,19-,20-/m0/s1. The summed E-state index contributed by atoms with van der Waals surface area (Å²) in [5.74, 6) is 0.919. The van der Waals surface area contributed by atoms with Crippen molar-refractivity contribution in [1.29, 1.82) is 0 Å². The van der Waals surface area contributed by atoms with Crippen molar-refractivity contribution in [3.63, 3.8) is 0 Å². The highest BCUT2D eigenvalue weighted by Gasteiger charge is 2.49. The topological polar surface area (TPSA) is 52.7 Å². The van der Waals surface area contributed by atoms with Crippen molar-refractivity contribution >= 4 is 11.8 Å². The molecule has 28 heavy (non-hydrogen) atoms. The largest absolute Gasteiger partial charge is 0.352 e. The molecule has 0 aromatic heterocycles. The second kappa shape index (κ2) is 7.14. The molecule has 1 aromatic carbocycles. The minimum atomic E-state index is -0.230. The van der Waals surface area contributed by atoms with Crippen molar-refractivity contribution < 1.29 is 14.0 Å². The van der Waals surface area contributed by atoms with Crippen LogP contribution in [0.15, 0.2) is 24.3 Å². The number of nitrogens with zero attached hydrogens (tertiary/aromatic N) is 2. The Bertz CT molecular complexity index is 760. The van der Waals surface area contributed by atoms with Crippen LogP contribution in [0.2, 0.25) is 0 Å². The highest BCUT2D eigenvalue weighted by molar-refractivity contribution is 5.82. The first-order valence-electron chi connectivity index (χ1n) is 10.7. The van der Waals surface area contributed by atoms with Gasteiger partial charge in [-0.3, -0.25) is 14.5 Å². The number of carbonyl (C=O) groups is 2. The predicted molar refractivity (Wildman–Crippen MR) is 103 cm³/mol. The maximum atomic E-state index is 13.4. The van der Waals surface area contributed by atoms with Gasteiger partial charge in [0.1, 0.15) is 5.82 Å². The minimum Gasteiger partial charge on any atom is -0.352 e. The van der Waals surface area contributed by atoms with E-state index in [1.807, 2.05) is 12.1 Å². The Morgan fingerprint density at radius 1 is 1.04 bits per heavy atom. The molecule has 3 atom stereocenters. The number of hydrogen-bond donors (Lipinski definition) is 1. The van der Waals surface area contributed by atoms with Gasteiger partial charge in [-0.1, -0.05) is 12.1 Å². The molecular weight excluding hydrogens is 357 g/mol. The molecule has 0 radical (unpaired) electrons. The smallest absolute Gasteiger partial charge is 0.234 e. The molecule has 4 fully saturated rings. The van der Waals surface area contributed by atoms with E-state index in [0.29, 0.717) is 24.4 Å². The summed E-state index contributed by atoms with van der Waals surface area (Å²) < 4.78 is 13.4. The quantitative estimate of drug-likeness (QED) is 0.845. The molecule has 2 amide bonds. The molecule has 1 N–H and O–H groups in total. The monoisotopic (exact) mass is 385 g/mol. The summed E-state index contributed by atoms with van der Waals surface area (Å²) in [6.45, 7) is 2.83. The van der Waals surface area contributed by atoms with E-state index in [1.165, 1.54) is 12.1 Å². The maximum absolute atomic E-state index is 13.4. The zero-order valence-electron chi connectivity index (χ0n) is 16.1. The van der Waals surface area contributed by atoms with E-state index >= 15 is 0 Å². The van der Waals surface area contributed by atoms with Gasteiger partial charge in [0.25, 0.3) is 0 Å². The number of rotatable bonds is 5. The second-order valence-corrected chi connectivity index (χ2v) is 9.02. The van der Waals surface area contributed by atoms with Crippen LogP contribution < -0.4 is 5.32 Å². The van der Waals surface area contributed by atoms with E-state index in [9.17, 15) is 14.0 Å². The van der Waals surface area contributed by atoms with Crippen LogP contribution in [0.25, 0.3) is 0 Å². The molecular formula is C22H28FN3O2. The summed E-state index contributed by atoms with van der Waals surface area (Å²) in [5, 5.41) is 3.07.